The minimum atomic E-state index is 0.323. The lowest BCUT2D eigenvalue weighted by atomic mass is 9.98. The van der Waals surface area contributed by atoms with Gasteiger partial charge in [0.05, 0.1) is 5.69 Å². The van der Waals surface area contributed by atoms with E-state index < -0.39 is 0 Å². The zero-order chi connectivity index (χ0) is 13.8. The third-order valence-electron chi connectivity index (χ3n) is 4.67. The van der Waals surface area contributed by atoms with Gasteiger partial charge in [-0.2, -0.15) is 0 Å². The normalized spacial score (nSPS) is 21.4. The Morgan fingerprint density at radius 3 is 2.65 bits per heavy atom. The number of anilines is 2. The van der Waals surface area contributed by atoms with E-state index >= 15 is 0 Å². The summed E-state index contributed by atoms with van der Waals surface area (Å²) in [4.78, 5) is 6.96. The molecule has 0 unspecified atom stereocenters. The van der Waals surface area contributed by atoms with E-state index in [9.17, 15) is 5.11 Å². The van der Waals surface area contributed by atoms with Crippen molar-refractivity contribution >= 4 is 11.5 Å². The standard InChI is InChI=1S/C16H25N3O/c20-12-13-7-10-19(11-8-13)16-15(6-3-9-17-16)18-14-4-1-2-5-14/h3,6,9,13-14,18,20H,1-2,4-5,7-8,10-12H2. The summed E-state index contributed by atoms with van der Waals surface area (Å²) < 4.78 is 0. The molecule has 20 heavy (non-hydrogen) atoms. The average Bonchev–Trinajstić information content (AvgIpc) is 3.01. The summed E-state index contributed by atoms with van der Waals surface area (Å²) in [5.74, 6) is 1.57. The average molecular weight is 275 g/mol. The third-order valence-corrected chi connectivity index (χ3v) is 4.67. The highest BCUT2D eigenvalue weighted by molar-refractivity contribution is 5.66. The van der Waals surface area contributed by atoms with E-state index in [1.165, 1.54) is 31.4 Å². The molecule has 2 aliphatic rings. The van der Waals surface area contributed by atoms with Crippen molar-refractivity contribution in [1.29, 1.82) is 0 Å². The second-order valence-electron chi connectivity index (χ2n) is 6.11. The summed E-state index contributed by atoms with van der Waals surface area (Å²) in [6.45, 7) is 2.33. The van der Waals surface area contributed by atoms with Crippen molar-refractivity contribution < 1.29 is 5.11 Å². The lowest BCUT2D eigenvalue weighted by molar-refractivity contribution is 0.203. The van der Waals surface area contributed by atoms with Crippen LogP contribution in [0, 0.1) is 5.92 Å². The van der Waals surface area contributed by atoms with Crippen LogP contribution in [0.3, 0.4) is 0 Å². The SMILES string of the molecule is OCC1CCN(c2ncccc2NC2CCCC2)CC1. The van der Waals surface area contributed by atoms with Gasteiger partial charge in [0.1, 0.15) is 0 Å². The number of pyridine rings is 1. The maximum Gasteiger partial charge on any atom is 0.151 e. The maximum absolute atomic E-state index is 9.25. The number of piperidine rings is 1. The summed E-state index contributed by atoms with van der Waals surface area (Å²) in [5, 5.41) is 12.9. The van der Waals surface area contributed by atoms with Gasteiger partial charge in [-0.25, -0.2) is 4.98 Å². The summed E-state index contributed by atoms with van der Waals surface area (Å²) in [6.07, 6.45) is 9.26. The molecule has 110 valence electrons. The van der Waals surface area contributed by atoms with Gasteiger partial charge in [0.2, 0.25) is 0 Å². The largest absolute Gasteiger partial charge is 0.396 e. The number of nitrogens with one attached hydrogen (secondary N) is 1. The van der Waals surface area contributed by atoms with Crippen molar-refractivity contribution in [3.8, 4) is 0 Å². The van der Waals surface area contributed by atoms with E-state index in [2.05, 4.69) is 21.3 Å². The number of aliphatic hydroxyl groups is 1. The molecule has 4 heteroatoms. The Morgan fingerprint density at radius 1 is 1.20 bits per heavy atom. The third kappa shape index (κ3) is 3.06. The first-order chi connectivity index (χ1) is 9.86. The first-order valence-corrected chi connectivity index (χ1v) is 7.94. The highest BCUT2D eigenvalue weighted by atomic mass is 16.3. The predicted molar refractivity (Wildman–Crippen MR) is 82.1 cm³/mol. The van der Waals surface area contributed by atoms with Gasteiger partial charge in [-0.05, 0) is 43.7 Å². The number of aliphatic hydroxyl groups excluding tert-OH is 1. The summed E-state index contributed by atoms with van der Waals surface area (Å²) >= 11 is 0. The minimum Gasteiger partial charge on any atom is -0.396 e. The van der Waals surface area contributed by atoms with Crippen molar-refractivity contribution in [3.63, 3.8) is 0 Å². The topological polar surface area (TPSA) is 48.4 Å². The Labute approximate surface area is 121 Å². The Kier molecular flexibility index (Phi) is 4.41. The molecular weight excluding hydrogens is 250 g/mol. The second kappa shape index (κ2) is 6.44. The van der Waals surface area contributed by atoms with Crippen LogP contribution in [0.25, 0.3) is 0 Å². The van der Waals surface area contributed by atoms with Crippen LogP contribution in [-0.2, 0) is 0 Å². The molecule has 1 aromatic rings. The van der Waals surface area contributed by atoms with Gasteiger partial charge in [0.15, 0.2) is 5.82 Å². The van der Waals surface area contributed by atoms with Crippen LogP contribution in [0.5, 0.6) is 0 Å². The first-order valence-electron chi connectivity index (χ1n) is 7.94. The minimum absolute atomic E-state index is 0.323. The summed E-state index contributed by atoms with van der Waals surface area (Å²) in [5.41, 5.74) is 1.18. The van der Waals surface area contributed by atoms with Crippen LogP contribution in [0.1, 0.15) is 38.5 Å². The smallest absolute Gasteiger partial charge is 0.151 e. The number of hydrogen-bond donors (Lipinski definition) is 2. The number of hydrogen-bond acceptors (Lipinski definition) is 4. The molecule has 0 atom stereocenters. The molecule has 0 spiro atoms. The number of rotatable bonds is 4. The molecule has 1 aliphatic heterocycles. The fourth-order valence-corrected chi connectivity index (χ4v) is 3.38. The van der Waals surface area contributed by atoms with Crippen LogP contribution in [0.4, 0.5) is 11.5 Å². The van der Waals surface area contributed by atoms with Gasteiger partial charge >= 0.3 is 0 Å². The van der Waals surface area contributed by atoms with Gasteiger partial charge in [0.25, 0.3) is 0 Å². The first kappa shape index (κ1) is 13.7. The zero-order valence-corrected chi connectivity index (χ0v) is 12.1. The second-order valence-corrected chi connectivity index (χ2v) is 6.11. The van der Waals surface area contributed by atoms with Gasteiger partial charge in [-0.1, -0.05) is 12.8 Å². The molecule has 0 radical (unpaired) electrons. The summed E-state index contributed by atoms with van der Waals surface area (Å²) in [7, 11) is 0. The molecule has 1 saturated carbocycles. The zero-order valence-electron chi connectivity index (χ0n) is 12.1. The van der Waals surface area contributed by atoms with Gasteiger partial charge in [0, 0.05) is 31.9 Å². The van der Waals surface area contributed by atoms with Crippen LogP contribution in [-0.4, -0.2) is 35.8 Å². The Morgan fingerprint density at radius 2 is 1.95 bits per heavy atom. The molecule has 2 fully saturated rings. The van der Waals surface area contributed by atoms with E-state index in [1.807, 2.05) is 12.3 Å². The molecule has 3 rings (SSSR count). The lowest BCUT2D eigenvalue weighted by Crippen LogP contribution is -2.36. The van der Waals surface area contributed by atoms with Crippen molar-refractivity contribution in [2.45, 2.75) is 44.6 Å². The van der Waals surface area contributed by atoms with Crippen molar-refractivity contribution in [1.82, 2.24) is 4.98 Å². The highest BCUT2D eigenvalue weighted by Crippen LogP contribution is 2.30. The molecule has 0 aromatic carbocycles. The fourth-order valence-electron chi connectivity index (χ4n) is 3.38. The van der Waals surface area contributed by atoms with Crippen molar-refractivity contribution in [2.24, 2.45) is 5.92 Å². The predicted octanol–water partition coefficient (Wildman–Crippen LogP) is 2.64. The molecular formula is C16H25N3O. The molecule has 1 aromatic heterocycles. The molecule has 1 aliphatic carbocycles. The fraction of sp³-hybridized carbons (Fsp3) is 0.688. The van der Waals surface area contributed by atoms with Gasteiger partial charge in [-0.3, -0.25) is 0 Å². The van der Waals surface area contributed by atoms with E-state index in [-0.39, 0.29) is 0 Å². The number of nitrogens with zero attached hydrogens (tertiary/aromatic N) is 2. The van der Waals surface area contributed by atoms with E-state index in [1.54, 1.807) is 0 Å². The van der Waals surface area contributed by atoms with E-state index in [0.29, 0.717) is 18.6 Å². The van der Waals surface area contributed by atoms with Gasteiger partial charge in [-0.15, -0.1) is 0 Å². The van der Waals surface area contributed by atoms with Crippen LogP contribution >= 0.6 is 0 Å². The van der Waals surface area contributed by atoms with E-state index in [0.717, 1.165) is 31.7 Å². The molecule has 1 saturated heterocycles. The molecule has 2 heterocycles. The van der Waals surface area contributed by atoms with Crippen LogP contribution in [0.15, 0.2) is 18.3 Å². The van der Waals surface area contributed by atoms with Crippen LogP contribution < -0.4 is 10.2 Å². The monoisotopic (exact) mass is 275 g/mol. The van der Waals surface area contributed by atoms with Crippen molar-refractivity contribution in [2.75, 3.05) is 29.9 Å². The molecule has 2 N–H and O–H groups in total. The highest BCUT2D eigenvalue weighted by Gasteiger charge is 2.22. The Bertz CT molecular complexity index is 423. The molecule has 4 nitrogen and oxygen atoms in total. The maximum atomic E-state index is 9.25. The Hall–Kier alpha value is -1.29. The van der Waals surface area contributed by atoms with Crippen LogP contribution in [0.2, 0.25) is 0 Å². The molecule has 0 bridgehead atoms. The Balaban J connectivity index is 1.69. The van der Waals surface area contributed by atoms with Crippen molar-refractivity contribution in [3.05, 3.63) is 18.3 Å². The number of aromatic nitrogens is 1. The molecule has 0 amide bonds. The van der Waals surface area contributed by atoms with Gasteiger partial charge < -0.3 is 15.3 Å². The summed E-state index contributed by atoms with van der Waals surface area (Å²) in [6, 6.07) is 4.79. The lowest BCUT2D eigenvalue weighted by Gasteiger charge is -2.33. The quantitative estimate of drug-likeness (QED) is 0.887. The van der Waals surface area contributed by atoms with E-state index in [4.69, 9.17) is 0 Å².